The predicted molar refractivity (Wildman–Crippen MR) is 45.2 cm³/mol. The lowest BCUT2D eigenvalue weighted by Crippen LogP contribution is -2.37. The fraction of sp³-hybridized carbons (Fsp3) is 0.833. The number of nitrogens with zero attached hydrogens (tertiary/aromatic N) is 1. The summed E-state index contributed by atoms with van der Waals surface area (Å²) in [5.41, 5.74) is 0. The van der Waals surface area contributed by atoms with Gasteiger partial charge in [0.2, 0.25) is 0 Å². The zero-order chi connectivity index (χ0) is 8.27. The molecule has 1 heterocycles. The lowest BCUT2D eigenvalue weighted by Gasteiger charge is -2.21. The molecule has 1 amide bonds. The standard InChI is InChI=1S/C6H13N2O2P/c1-8(6(9)10-11)5-2-3-7-4-5/h5,7H,2-4,11H2,1H3/t5-/m0/s1. The maximum Gasteiger partial charge on any atom is 0.411 e. The summed E-state index contributed by atoms with van der Waals surface area (Å²) in [4.78, 5) is 12.6. The molecule has 1 rings (SSSR count). The van der Waals surface area contributed by atoms with Gasteiger partial charge in [0.1, 0.15) is 0 Å². The molecule has 0 aromatic rings. The van der Waals surface area contributed by atoms with E-state index in [9.17, 15) is 4.79 Å². The largest absolute Gasteiger partial charge is 0.435 e. The Morgan fingerprint density at radius 2 is 2.55 bits per heavy atom. The minimum atomic E-state index is -0.288. The molecular weight excluding hydrogens is 163 g/mol. The van der Waals surface area contributed by atoms with Crippen molar-refractivity contribution in [1.82, 2.24) is 10.2 Å². The van der Waals surface area contributed by atoms with Crippen LogP contribution in [0.15, 0.2) is 0 Å². The van der Waals surface area contributed by atoms with Crippen molar-refractivity contribution in [3.8, 4) is 0 Å². The van der Waals surface area contributed by atoms with Crippen molar-refractivity contribution >= 4 is 15.6 Å². The molecule has 0 aromatic carbocycles. The monoisotopic (exact) mass is 176 g/mol. The average molecular weight is 176 g/mol. The molecule has 5 heteroatoms. The van der Waals surface area contributed by atoms with Gasteiger partial charge in [-0.25, -0.2) is 4.79 Å². The number of amides is 1. The first-order valence-electron chi connectivity index (χ1n) is 3.60. The summed E-state index contributed by atoms with van der Waals surface area (Å²) in [6.45, 7) is 1.86. The Kier molecular flexibility index (Phi) is 3.09. The molecule has 1 aliphatic heterocycles. The highest BCUT2D eigenvalue weighted by molar-refractivity contribution is 7.10. The van der Waals surface area contributed by atoms with Gasteiger partial charge in [0.25, 0.3) is 0 Å². The Balaban J connectivity index is 2.39. The molecule has 1 N–H and O–H groups in total. The van der Waals surface area contributed by atoms with Crippen LogP contribution in [0.25, 0.3) is 0 Å². The molecule has 4 nitrogen and oxygen atoms in total. The number of hydrogen-bond acceptors (Lipinski definition) is 3. The summed E-state index contributed by atoms with van der Waals surface area (Å²) in [6.07, 6.45) is 0.722. The maximum absolute atomic E-state index is 11.0. The Hall–Kier alpha value is -0.340. The van der Waals surface area contributed by atoms with Crippen molar-refractivity contribution in [3.63, 3.8) is 0 Å². The van der Waals surface area contributed by atoms with E-state index in [-0.39, 0.29) is 6.09 Å². The van der Waals surface area contributed by atoms with Crippen LogP contribution in [0.2, 0.25) is 0 Å². The molecule has 1 aliphatic rings. The van der Waals surface area contributed by atoms with Crippen LogP contribution in [0, 0.1) is 0 Å². The fourth-order valence-corrected chi connectivity index (χ4v) is 1.37. The van der Waals surface area contributed by atoms with Gasteiger partial charge in [0, 0.05) is 19.6 Å². The molecule has 11 heavy (non-hydrogen) atoms. The third-order valence-corrected chi connectivity index (χ3v) is 2.17. The van der Waals surface area contributed by atoms with Gasteiger partial charge in [-0.15, -0.1) is 0 Å². The van der Waals surface area contributed by atoms with Crippen LogP contribution < -0.4 is 5.32 Å². The first-order valence-corrected chi connectivity index (χ1v) is 4.07. The van der Waals surface area contributed by atoms with E-state index >= 15 is 0 Å². The zero-order valence-corrected chi connectivity index (χ0v) is 7.69. The topological polar surface area (TPSA) is 41.6 Å². The molecule has 2 atom stereocenters. The minimum Gasteiger partial charge on any atom is -0.435 e. The predicted octanol–water partition coefficient (Wildman–Crippen LogP) is 0.207. The molecule has 0 aromatic heterocycles. The van der Waals surface area contributed by atoms with Crippen molar-refractivity contribution in [1.29, 1.82) is 0 Å². The second-order valence-corrected chi connectivity index (χ2v) is 2.88. The summed E-state index contributed by atoms with van der Waals surface area (Å²) >= 11 is 0. The molecule has 0 bridgehead atoms. The van der Waals surface area contributed by atoms with Crippen LogP contribution in [0.3, 0.4) is 0 Å². The lowest BCUT2D eigenvalue weighted by molar-refractivity contribution is 0.156. The van der Waals surface area contributed by atoms with Gasteiger partial charge in [-0.3, -0.25) is 0 Å². The highest BCUT2D eigenvalue weighted by Crippen LogP contribution is 2.08. The van der Waals surface area contributed by atoms with Gasteiger partial charge < -0.3 is 14.7 Å². The Bertz CT molecular complexity index is 148. The van der Waals surface area contributed by atoms with Crippen LogP contribution in [0.5, 0.6) is 0 Å². The van der Waals surface area contributed by atoms with Crippen LogP contribution in [0.1, 0.15) is 6.42 Å². The smallest absolute Gasteiger partial charge is 0.411 e. The summed E-state index contributed by atoms with van der Waals surface area (Å²) in [6, 6.07) is 0.294. The summed E-state index contributed by atoms with van der Waals surface area (Å²) in [5.74, 6) is 0. The van der Waals surface area contributed by atoms with E-state index in [1.54, 1.807) is 11.9 Å². The van der Waals surface area contributed by atoms with Crippen LogP contribution in [-0.4, -0.2) is 37.2 Å². The number of rotatable bonds is 1. The van der Waals surface area contributed by atoms with Crippen LogP contribution in [-0.2, 0) is 4.52 Å². The number of likely N-dealkylation sites (N-methyl/N-ethyl adjacent to an activating group) is 1. The van der Waals surface area contributed by atoms with E-state index in [1.807, 2.05) is 9.47 Å². The van der Waals surface area contributed by atoms with E-state index in [2.05, 4.69) is 9.84 Å². The molecule has 64 valence electrons. The van der Waals surface area contributed by atoms with Crippen molar-refractivity contribution in [2.75, 3.05) is 20.1 Å². The van der Waals surface area contributed by atoms with Crippen molar-refractivity contribution in [3.05, 3.63) is 0 Å². The molecule has 0 saturated carbocycles. The fourth-order valence-electron chi connectivity index (χ4n) is 1.20. The number of carbonyl (C=O) groups excluding carboxylic acids is 1. The first-order chi connectivity index (χ1) is 5.25. The summed E-state index contributed by atoms with van der Waals surface area (Å²) < 4.78 is 4.50. The average Bonchev–Trinajstić information content (AvgIpc) is 2.53. The number of hydrogen-bond donors (Lipinski definition) is 1. The van der Waals surface area contributed by atoms with Crippen molar-refractivity contribution in [2.45, 2.75) is 12.5 Å². The highest BCUT2D eigenvalue weighted by Gasteiger charge is 2.23. The Labute approximate surface area is 68.6 Å². The van der Waals surface area contributed by atoms with Crippen LogP contribution in [0.4, 0.5) is 4.79 Å². The number of nitrogens with one attached hydrogen (secondary N) is 1. The second-order valence-electron chi connectivity index (χ2n) is 2.64. The summed E-state index contributed by atoms with van der Waals surface area (Å²) in [7, 11) is 3.71. The van der Waals surface area contributed by atoms with Gasteiger partial charge in [-0.05, 0) is 13.0 Å². The maximum atomic E-state index is 11.0. The Morgan fingerprint density at radius 1 is 1.82 bits per heavy atom. The van der Waals surface area contributed by atoms with E-state index in [0.717, 1.165) is 19.5 Å². The second kappa shape index (κ2) is 3.88. The molecule has 0 spiro atoms. The van der Waals surface area contributed by atoms with E-state index in [0.29, 0.717) is 6.04 Å². The van der Waals surface area contributed by atoms with Crippen molar-refractivity contribution in [2.24, 2.45) is 0 Å². The van der Waals surface area contributed by atoms with E-state index in [1.165, 1.54) is 0 Å². The quantitative estimate of drug-likeness (QED) is 0.580. The first kappa shape index (κ1) is 8.75. The van der Waals surface area contributed by atoms with Gasteiger partial charge in [0.15, 0.2) is 0 Å². The van der Waals surface area contributed by atoms with Crippen LogP contribution >= 0.6 is 9.47 Å². The zero-order valence-electron chi connectivity index (χ0n) is 6.54. The van der Waals surface area contributed by atoms with E-state index in [4.69, 9.17) is 0 Å². The van der Waals surface area contributed by atoms with E-state index < -0.39 is 0 Å². The van der Waals surface area contributed by atoms with Gasteiger partial charge in [-0.1, -0.05) is 0 Å². The molecule has 1 saturated heterocycles. The third-order valence-electron chi connectivity index (χ3n) is 1.97. The third kappa shape index (κ3) is 2.04. The lowest BCUT2D eigenvalue weighted by atomic mass is 10.2. The normalized spacial score (nSPS) is 23.3. The Morgan fingerprint density at radius 3 is 3.00 bits per heavy atom. The molecular formula is C6H13N2O2P. The van der Waals surface area contributed by atoms with Gasteiger partial charge in [0.05, 0.1) is 9.47 Å². The summed E-state index contributed by atoms with van der Waals surface area (Å²) in [5, 5.41) is 3.18. The molecule has 1 unspecified atom stereocenters. The SMILES string of the molecule is CN(C(=O)OP)[C@H]1CCNC1. The van der Waals surface area contributed by atoms with Crippen molar-refractivity contribution < 1.29 is 9.32 Å². The van der Waals surface area contributed by atoms with Gasteiger partial charge in [-0.2, -0.15) is 0 Å². The number of carbonyl (C=O) groups is 1. The molecule has 0 radical (unpaired) electrons. The molecule has 0 aliphatic carbocycles. The van der Waals surface area contributed by atoms with Gasteiger partial charge >= 0.3 is 6.09 Å². The highest BCUT2D eigenvalue weighted by atomic mass is 31.0. The molecule has 1 fully saturated rings. The minimum absolute atomic E-state index is 0.288.